The van der Waals surface area contributed by atoms with Crippen LogP contribution in [-0.4, -0.2) is 45.0 Å². The van der Waals surface area contributed by atoms with Gasteiger partial charge in [-0.1, -0.05) is 17.4 Å². The summed E-state index contributed by atoms with van der Waals surface area (Å²) in [6, 6.07) is 5.68. The van der Waals surface area contributed by atoms with Crippen molar-refractivity contribution in [2.75, 3.05) is 6.26 Å². The van der Waals surface area contributed by atoms with Crippen molar-refractivity contribution in [3.05, 3.63) is 68.8 Å². The van der Waals surface area contributed by atoms with E-state index in [4.69, 9.17) is 4.74 Å². The summed E-state index contributed by atoms with van der Waals surface area (Å²) in [6.45, 7) is 3.54. The molecule has 0 aliphatic heterocycles. The highest BCUT2D eigenvalue weighted by atomic mass is 32.2. The van der Waals surface area contributed by atoms with Crippen molar-refractivity contribution in [3.8, 4) is 33.5 Å². The number of ether oxygens (including phenoxy) is 1. The van der Waals surface area contributed by atoms with Crippen molar-refractivity contribution < 1.29 is 17.9 Å². The van der Waals surface area contributed by atoms with E-state index in [0.717, 1.165) is 80.5 Å². The lowest BCUT2D eigenvalue weighted by Gasteiger charge is -2.16. The fraction of sp³-hybridized carbons (Fsp3) is 0.310. The van der Waals surface area contributed by atoms with Crippen molar-refractivity contribution in [3.63, 3.8) is 0 Å². The Morgan fingerprint density at radius 1 is 0.951 bits per heavy atom. The summed E-state index contributed by atoms with van der Waals surface area (Å²) in [7, 11) is 0.622. The standard InChI is InChI=1S/C18H17N3O2S.C11H12N2O2S2/c1-10-5-4-6-14(20-10)23-18-15-13(17(24-18)11(2)22)8-7-12-9-19-21(3)16(12)15;1-13-10-7(5-12-13)3-4-8-6-16-11(9(8)10)17(2,14)15/h4-6,9H,7-8H2,1-3H3;5-6H,3-4H2,1-2H3. The number of pyridine rings is 1. The van der Waals surface area contributed by atoms with Crippen molar-refractivity contribution in [1.82, 2.24) is 24.5 Å². The number of Topliss-reactive ketones (excluding diaryl/α,β-unsaturated/α-hetero) is 1. The molecule has 2 aliphatic rings. The van der Waals surface area contributed by atoms with Gasteiger partial charge in [-0.2, -0.15) is 10.2 Å². The molecule has 0 bridgehead atoms. The molecule has 0 amide bonds. The van der Waals surface area contributed by atoms with Gasteiger partial charge in [0.1, 0.15) is 4.21 Å². The second-order valence-electron chi connectivity index (χ2n) is 10.3. The maximum atomic E-state index is 12.1. The molecule has 0 spiro atoms. The van der Waals surface area contributed by atoms with E-state index in [2.05, 4.69) is 15.2 Å². The molecule has 212 valence electrons. The number of aromatic nitrogens is 5. The predicted molar refractivity (Wildman–Crippen MR) is 160 cm³/mol. The quantitative estimate of drug-likeness (QED) is 0.245. The number of sulfone groups is 1. The first-order chi connectivity index (χ1) is 19.5. The lowest BCUT2D eigenvalue weighted by molar-refractivity contribution is 0.102. The molecule has 5 heterocycles. The zero-order valence-electron chi connectivity index (χ0n) is 23.4. The molecule has 0 fully saturated rings. The summed E-state index contributed by atoms with van der Waals surface area (Å²) in [4.78, 5) is 17.3. The van der Waals surface area contributed by atoms with Gasteiger partial charge in [0.2, 0.25) is 5.88 Å². The monoisotopic (exact) mass is 607 g/mol. The maximum Gasteiger partial charge on any atom is 0.220 e. The molecule has 41 heavy (non-hydrogen) atoms. The van der Waals surface area contributed by atoms with Gasteiger partial charge in [-0.15, -0.1) is 11.3 Å². The molecule has 7 rings (SSSR count). The Kier molecular flexibility index (Phi) is 6.95. The summed E-state index contributed by atoms with van der Waals surface area (Å²) in [5.41, 5.74) is 9.32. The Balaban J connectivity index is 0.000000156. The molecule has 2 aliphatic carbocycles. The van der Waals surface area contributed by atoms with E-state index >= 15 is 0 Å². The van der Waals surface area contributed by atoms with Crippen LogP contribution in [0.2, 0.25) is 0 Å². The average Bonchev–Trinajstić information content (AvgIpc) is 3.68. The third kappa shape index (κ3) is 4.93. The molecular formula is C29H29N5O4S3. The van der Waals surface area contributed by atoms with Gasteiger partial charge in [0.25, 0.3) is 0 Å². The molecule has 5 aromatic heterocycles. The van der Waals surface area contributed by atoms with Crippen LogP contribution in [-0.2, 0) is 49.6 Å². The van der Waals surface area contributed by atoms with Gasteiger partial charge in [-0.05, 0) is 73.2 Å². The van der Waals surface area contributed by atoms with E-state index in [1.807, 2.05) is 61.7 Å². The summed E-state index contributed by atoms with van der Waals surface area (Å²) in [5.74, 6) is 0.623. The molecule has 0 atom stereocenters. The number of rotatable bonds is 4. The van der Waals surface area contributed by atoms with Gasteiger partial charge in [-0.3, -0.25) is 14.2 Å². The van der Waals surface area contributed by atoms with Crippen LogP contribution in [0.15, 0.2) is 40.2 Å². The zero-order valence-corrected chi connectivity index (χ0v) is 25.8. The largest absolute Gasteiger partial charge is 0.428 e. The summed E-state index contributed by atoms with van der Waals surface area (Å²) >= 11 is 2.73. The highest BCUT2D eigenvalue weighted by Crippen LogP contribution is 2.48. The number of thiophene rings is 2. The van der Waals surface area contributed by atoms with Crippen molar-refractivity contribution in [2.45, 2.75) is 43.7 Å². The van der Waals surface area contributed by atoms with E-state index in [1.165, 1.54) is 34.5 Å². The van der Waals surface area contributed by atoms with Gasteiger partial charge < -0.3 is 4.74 Å². The Morgan fingerprint density at radius 2 is 1.59 bits per heavy atom. The second-order valence-corrected chi connectivity index (χ2v) is 14.4. The van der Waals surface area contributed by atoms with E-state index in [9.17, 15) is 13.2 Å². The third-order valence-electron chi connectivity index (χ3n) is 7.34. The smallest absolute Gasteiger partial charge is 0.220 e. The number of carbonyl (C=O) groups is 1. The lowest BCUT2D eigenvalue weighted by Crippen LogP contribution is -2.07. The van der Waals surface area contributed by atoms with Crippen LogP contribution >= 0.6 is 22.7 Å². The molecule has 0 saturated heterocycles. The maximum absolute atomic E-state index is 12.1. The Labute approximate surface area is 246 Å². The van der Waals surface area contributed by atoms with Crippen LogP contribution in [0.5, 0.6) is 10.9 Å². The number of ketones is 1. The Bertz CT molecular complexity index is 1930. The van der Waals surface area contributed by atoms with Crippen LogP contribution in [0.3, 0.4) is 0 Å². The van der Waals surface area contributed by atoms with Gasteiger partial charge in [-0.25, -0.2) is 13.4 Å². The summed E-state index contributed by atoms with van der Waals surface area (Å²) < 4.78 is 33.8. The van der Waals surface area contributed by atoms with Gasteiger partial charge in [0.05, 0.1) is 34.2 Å². The minimum atomic E-state index is -3.16. The first kappa shape index (κ1) is 27.6. The molecule has 0 unspecified atom stereocenters. The number of hydrogen-bond donors (Lipinski definition) is 0. The van der Waals surface area contributed by atoms with E-state index in [0.29, 0.717) is 10.1 Å². The minimum Gasteiger partial charge on any atom is -0.428 e. The molecule has 12 heteroatoms. The molecular weight excluding hydrogens is 579 g/mol. The van der Waals surface area contributed by atoms with Gasteiger partial charge >= 0.3 is 0 Å². The summed E-state index contributed by atoms with van der Waals surface area (Å²) in [5, 5.41) is 11.3. The first-order valence-corrected chi connectivity index (χ1v) is 16.7. The lowest BCUT2D eigenvalue weighted by atomic mass is 9.91. The van der Waals surface area contributed by atoms with Crippen LogP contribution in [0.1, 0.15) is 44.5 Å². The zero-order chi connectivity index (χ0) is 29.1. The molecule has 0 saturated carbocycles. The fourth-order valence-corrected chi connectivity index (χ4v) is 8.91. The van der Waals surface area contributed by atoms with Crippen molar-refractivity contribution in [1.29, 1.82) is 0 Å². The van der Waals surface area contributed by atoms with E-state index in [1.54, 1.807) is 11.6 Å². The normalized spacial score (nSPS) is 13.4. The molecule has 9 nitrogen and oxygen atoms in total. The van der Waals surface area contributed by atoms with Crippen LogP contribution in [0.4, 0.5) is 0 Å². The van der Waals surface area contributed by atoms with Gasteiger partial charge in [0, 0.05) is 37.7 Å². The fourth-order valence-electron chi connectivity index (χ4n) is 5.53. The molecule has 0 N–H and O–H groups in total. The van der Waals surface area contributed by atoms with E-state index < -0.39 is 9.84 Å². The van der Waals surface area contributed by atoms with Crippen LogP contribution in [0, 0.1) is 6.92 Å². The highest BCUT2D eigenvalue weighted by molar-refractivity contribution is 7.92. The van der Waals surface area contributed by atoms with Crippen LogP contribution < -0.4 is 4.74 Å². The van der Waals surface area contributed by atoms with Gasteiger partial charge in [0.15, 0.2) is 20.7 Å². The minimum absolute atomic E-state index is 0.0777. The molecule has 0 aromatic carbocycles. The van der Waals surface area contributed by atoms with Crippen molar-refractivity contribution in [2.24, 2.45) is 14.1 Å². The number of fused-ring (bicyclic) bond motifs is 6. The number of carbonyl (C=O) groups excluding carboxylic acids is 1. The topological polar surface area (TPSA) is 109 Å². The summed E-state index contributed by atoms with van der Waals surface area (Å²) in [6.07, 6.45) is 8.58. The Morgan fingerprint density at radius 3 is 2.22 bits per heavy atom. The SMILES string of the molecule is CC(=O)c1sc(Oc2cccc(C)n2)c2c1CCc1cnn(C)c1-2.Cn1ncc2c1-c1c(csc1S(C)(=O)=O)CC2. The van der Waals surface area contributed by atoms with Crippen LogP contribution in [0.25, 0.3) is 22.5 Å². The average molecular weight is 608 g/mol. The second kappa shape index (κ2) is 10.3. The van der Waals surface area contributed by atoms with Crippen molar-refractivity contribution >= 4 is 38.3 Å². The number of nitrogens with zero attached hydrogens (tertiary/aromatic N) is 5. The number of hydrogen-bond acceptors (Lipinski definition) is 9. The highest BCUT2D eigenvalue weighted by Gasteiger charge is 2.31. The van der Waals surface area contributed by atoms with E-state index in [-0.39, 0.29) is 5.78 Å². The number of aryl methyl sites for hydroxylation is 6. The molecule has 0 radical (unpaired) electrons. The predicted octanol–water partition coefficient (Wildman–Crippen LogP) is 5.60. The third-order valence-corrected chi connectivity index (χ3v) is 11.4. The molecule has 5 aromatic rings. The Hall–Kier alpha value is -3.61. The first-order valence-electron chi connectivity index (χ1n) is 13.1.